The molecule has 0 bridgehead atoms. The number of nitrogens with one attached hydrogen (secondary N) is 2. The van der Waals surface area contributed by atoms with E-state index in [1.807, 2.05) is 0 Å². The zero-order valence-corrected chi connectivity index (χ0v) is 12.3. The van der Waals surface area contributed by atoms with E-state index in [0.29, 0.717) is 11.4 Å². The number of benzene rings is 1. The summed E-state index contributed by atoms with van der Waals surface area (Å²) in [5.74, 6) is -0.771. The van der Waals surface area contributed by atoms with Crippen molar-refractivity contribution in [3.05, 3.63) is 22.7 Å². The number of urea groups is 1. The summed E-state index contributed by atoms with van der Waals surface area (Å²) < 4.78 is 5.82. The van der Waals surface area contributed by atoms with Crippen molar-refractivity contribution in [2.24, 2.45) is 0 Å². The van der Waals surface area contributed by atoms with Crippen LogP contribution >= 0.6 is 15.9 Å². The molecule has 0 radical (unpaired) electrons. The van der Waals surface area contributed by atoms with Crippen LogP contribution in [0.5, 0.6) is 5.75 Å². The third kappa shape index (κ3) is 4.71. The first-order valence-electron chi connectivity index (χ1n) is 5.72. The van der Waals surface area contributed by atoms with Gasteiger partial charge in [-0.25, -0.2) is 9.59 Å². The van der Waals surface area contributed by atoms with Crippen LogP contribution < -0.4 is 15.4 Å². The molecule has 1 aromatic rings. The summed E-state index contributed by atoms with van der Waals surface area (Å²) in [7, 11) is 1.46. The number of aliphatic hydroxyl groups excluding tert-OH is 1. The van der Waals surface area contributed by atoms with Crippen molar-refractivity contribution < 1.29 is 24.5 Å². The zero-order valence-electron chi connectivity index (χ0n) is 10.7. The van der Waals surface area contributed by atoms with Gasteiger partial charge in [-0.05, 0) is 18.2 Å². The van der Waals surface area contributed by atoms with Crippen molar-refractivity contribution in [3.63, 3.8) is 0 Å². The number of methoxy groups -OCH3 is 1. The maximum Gasteiger partial charge on any atom is 0.326 e. The summed E-state index contributed by atoms with van der Waals surface area (Å²) in [6.07, 6.45) is -0.0711. The second kappa shape index (κ2) is 7.71. The number of carbonyl (C=O) groups excluding carboxylic acids is 1. The predicted octanol–water partition coefficient (Wildman–Crippen LogP) is 1.41. The molecule has 0 saturated carbocycles. The number of aliphatic carboxylic acids is 1. The zero-order chi connectivity index (χ0) is 15.1. The Bertz CT molecular complexity index is 495. The number of carboxylic acids is 1. The molecule has 0 saturated heterocycles. The highest BCUT2D eigenvalue weighted by Gasteiger charge is 2.19. The number of anilines is 1. The molecule has 0 aromatic heterocycles. The number of hydrogen-bond acceptors (Lipinski definition) is 4. The highest BCUT2D eigenvalue weighted by atomic mass is 79.9. The first-order chi connectivity index (χ1) is 9.47. The van der Waals surface area contributed by atoms with Crippen LogP contribution in [0, 0.1) is 0 Å². The summed E-state index contributed by atoms with van der Waals surface area (Å²) in [4.78, 5) is 22.6. The molecule has 0 aliphatic rings. The molecule has 4 N–H and O–H groups in total. The third-order valence-electron chi connectivity index (χ3n) is 2.43. The third-order valence-corrected chi connectivity index (χ3v) is 2.92. The Morgan fingerprint density at radius 3 is 2.70 bits per heavy atom. The molecule has 8 heteroatoms. The van der Waals surface area contributed by atoms with Crippen LogP contribution in [0.25, 0.3) is 0 Å². The Balaban J connectivity index is 2.75. The van der Waals surface area contributed by atoms with Gasteiger partial charge >= 0.3 is 12.0 Å². The van der Waals surface area contributed by atoms with Gasteiger partial charge in [-0.1, -0.05) is 15.9 Å². The molecule has 20 heavy (non-hydrogen) atoms. The summed E-state index contributed by atoms with van der Waals surface area (Å²) in [5, 5.41) is 22.4. The van der Waals surface area contributed by atoms with E-state index in [1.165, 1.54) is 7.11 Å². The van der Waals surface area contributed by atoms with E-state index in [1.54, 1.807) is 18.2 Å². The molecule has 2 amide bonds. The molecule has 1 aromatic carbocycles. The number of aliphatic hydroxyl groups is 1. The van der Waals surface area contributed by atoms with Crippen molar-refractivity contribution in [1.82, 2.24) is 5.32 Å². The Labute approximate surface area is 124 Å². The fraction of sp³-hybridized carbons (Fsp3) is 0.333. The molecule has 1 rings (SSSR count). The van der Waals surface area contributed by atoms with E-state index in [9.17, 15) is 9.59 Å². The maximum atomic E-state index is 11.7. The number of carboxylic acid groups (broad SMARTS) is 1. The molecular formula is C12H15BrN2O5. The van der Waals surface area contributed by atoms with Gasteiger partial charge in [0, 0.05) is 17.5 Å². The molecule has 0 aliphatic carbocycles. The van der Waals surface area contributed by atoms with Gasteiger partial charge in [0.1, 0.15) is 11.8 Å². The van der Waals surface area contributed by atoms with Crippen LogP contribution in [-0.2, 0) is 4.79 Å². The second-order valence-corrected chi connectivity index (χ2v) is 4.76. The minimum absolute atomic E-state index is 0.0711. The number of amides is 2. The Morgan fingerprint density at radius 2 is 2.15 bits per heavy atom. The highest BCUT2D eigenvalue weighted by molar-refractivity contribution is 9.10. The number of rotatable bonds is 6. The number of carbonyl (C=O) groups is 2. The SMILES string of the molecule is COc1ccc(Br)cc1NC(=O)N[C@H](CCO)C(=O)O. The lowest BCUT2D eigenvalue weighted by atomic mass is 10.2. The fourth-order valence-electron chi connectivity index (χ4n) is 1.48. The standard InChI is InChI=1S/C12H15BrN2O5/c1-20-10-3-2-7(13)6-9(10)15-12(19)14-8(4-5-16)11(17)18/h2-3,6,8,16H,4-5H2,1H3,(H,17,18)(H2,14,15,19)/t8-/m1/s1. The topological polar surface area (TPSA) is 108 Å². The fourth-order valence-corrected chi connectivity index (χ4v) is 1.84. The van der Waals surface area contributed by atoms with Crippen molar-refractivity contribution in [2.75, 3.05) is 19.0 Å². The number of ether oxygens (including phenoxy) is 1. The Hall–Kier alpha value is -1.80. The normalized spacial score (nSPS) is 11.6. The largest absolute Gasteiger partial charge is 0.495 e. The molecule has 0 spiro atoms. The van der Waals surface area contributed by atoms with Crippen LogP contribution in [0.2, 0.25) is 0 Å². The van der Waals surface area contributed by atoms with Crippen molar-refractivity contribution in [3.8, 4) is 5.75 Å². The summed E-state index contributed by atoms with van der Waals surface area (Å²) >= 11 is 3.26. The van der Waals surface area contributed by atoms with Crippen LogP contribution in [0.4, 0.5) is 10.5 Å². The van der Waals surface area contributed by atoms with Gasteiger partial charge in [0.25, 0.3) is 0 Å². The molecule has 0 unspecified atom stereocenters. The molecule has 7 nitrogen and oxygen atoms in total. The van der Waals surface area contributed by atoms with E-state index in [-0.39, 0.29) is 13.0 Å². The van der Waals surface area contributed by atoms with Gasteiger partial charge in [0.2, 0.25) is 0 Å². The lowest BCUT2D eigenvalue weighted by Gasteiger charge is -2.15. The number of hydrogen-bond donors (Lipinski definition) is 4. The lowest BCUT2D eigenvalue weighted by molar-refractivity contribution is -0.139. The molecule has 1 atom stereocenters. The first-order valence-corrected chi connectivity index (χ1v) is 6.52. The Kier molecular flexibility index (Phi) is 6.26. The van der Waals surface area contributed by atoms with Crippen LogP contribution in [0.1, 0.15) is 6.42 Å². The minimum atomic E-state index is -1.21. The van der Waals surface area contributed by atoms with E-state index in [4.69, 9.17) is 14.9 Å². The monoisotopic (exact) mass is 346 g/mol. The number of halogens is 1. The minimum Gasteiger partial charge on any atom is -0.495 e. The van der Waals surface area contributed by atoms with E-state index >= 15 is 0 Å². The average Bonchev–Trinajstić information content (AvgIpc) is 2.38. The molecule has 110 valence electrons. The molecular weight excluding hydrogens is 332 g/mol. The van der Waals surface area contributed by atoms with Gasteiger partial charge in [-0.2, -0.15) is 0 Å². The Morgan fingerprint density at radius 1 is 1.45 bits per heavy atom. The van der Waals surface area contributed by atoms with Gasteiger partial charge in [0.15, 0.2) is 0 Å². The molecule has 0 fully saturated rings. The van der Waals surface area contributed by atoms with Gasteiger partial charge in [-0.15, -0.1) is 0 Å². The van der Waals surface area contributed by atoms with Crippen molar-refractivity contribution >= 4 is 33.6 Å². The summed E-state index contributed by atoms with van der Waals surface area (Å²) in [6, 6.07) is 3.18. The van der Waals surface area contributed by atoms with E-state index in [2.05, 4.69) is 26.6 Å². The van der Waals surface area contributed by atoms with Crippen LogP contribution in [0.3, 0.4) is 0 Å². The lowest BCUT2D eigenvalue weighted by Crippen LogP contribution is -2.43. The summed E-state index contributed by atoms with van der Waals surface area (Å²) in [5.41, 5.74) is 0.396. The second-order valence-electron chi connectivity index (χ2n) is 3.85. The quantitative estimate of drug-likeness (QED) is 0.622. The molecule has 0 aliphatic heterocycles. The summed E-state index contributed by atoms with van der Waals surface area (Å²) in [6.45, 7) is -0.336. The van der Waals surface area contributed by atoms with Crippen molar-refractivity contribution in [1.29, 1.82) is 0 Å². The van der Waals surface area contributed by atoms with E-state index < -0.39 is 18.0 Å². The van der Waals surface area contributed by atoms with Crippen molar-refractivity contribution in [2.45, 2.75) is 12.5 Å². The van der Waals surface area contributed by atoms with Crippen LogP contribution in [0.15, 0.2) is 22.7 Å². The smallest absolute Gasteiger partial charge is 0.326 e. The average molecular weight is 347 g/mol. The van der Waals surface area contributed by atoms with E-state index in [0.717, 1.165) is 4.47 Å². The van der Waals surface area contributed by atoms with Gasteiger partial charge in [-0.3, -0.25) is 0 Å². The first kappa shape index (κ1) is 16.3. The predicted molar refractivity (Wildman–Crippen MR) is 76.0 cm³/mol. The maximum absolute atomic E-state index is 11.7. The highest BCUT2D eigenvalue weighted by Crippen LogP contribution is 2.27. The molecule has 0 heterocycles. The van der Waals surface area contributed by atoms with Gasteiger partial charge < -0.3 is 25.6 Å². The van der Waals surface area contributed by atoms with Gasteiger partial charge in [0.05, 0.1) is 12.8 Å². The van der Waals surface area contributed by atoms with Crippen LogP contribution in [-0.4, -0.2) is 42.0 Å².